The molecule has 0 saturated carbocycles. The Labute approximate surface area is 119 Å². The molecule has 0 aromatic heterocycles. The van der Waals surface area contributed by atoms with E-state index in [2.05, 4.69) is 44.5 Å². The van der Waals surface area contributed by atoms with Crippen molar-refractivity contribution in [1.29, 1.82) is 0 Å². The van der Waals surface area contributed by atoms with E-state index in [0.29, 0.717) is 12.1 Å². The summed E-state index contributed by atoms with van der Waals surface area (Å²) in [5.41, 5.74) is 6.72. The minimum atomic E-state index is 0.261. The predicted molar refractivity (Wildman–Crippen MR) is 82.3 cm³/mol. The average molecular weight is 267 g/mol. The second-order valence-corrected chi connectivity index (χ2v) is 7.72. The van der Waals surface area contributed by atoms with Crippen molar-refractivity contribution in [3.63, 3.8) is 0 Å². The maximum absolute atomic E-state index is 6.46. The fraction of sp³-hybridized carbons (Fsp3) is 1.00. The van der Waals surface area contributed by atoms with Gasteiger partial charge in [0.05, 0.1) is 0 Å². The Morgan fingerprint density at radius 3 is 2.37 bits per heavy atom. The quantitative estimate of drug-likeness (QED) is 0.851. The van der Waals surface area contributed by atoms with E-state index in [1.807, 2.05) is 0 Å². The smallest absolute Gasteiger partial charge is 0.0296 e. The zero-order chi connectivity index (χ0) is 14.2. The summed E-state index contributed by atoms with van der Waals surface area (Å²) >= 11 is 0. The SMILES string of the molecule is CCC(N)C(N1CCC2CCC(C1)N2C)C(C)(C)C. The molecule has 0 spiro atoms. The lowest BCUT2D eigenvalue weighted by Gasteiger charge is -2.44. The molecule has 2 aliphatic heterocycles. The van der Waals surface area contributed by atoms with E-state index in [4.69, 9.17) is 5.73 Å². The van der Waals surface area contributed by atoms with Crippen LogP contribution in [0.4, 0.5) is 0 Å². The average Bonchev–Trinajstić information content (AvgIpc) is 2.55. The van der Waals surface area contributed by atoms with Gasteiger partial charge in [-0.15, -0.1) is 0 Å². The molecule has 0 aliphatic carbocycles. The van der Waals surface area contributed by atoms with Gasteiger partial charge in [-0.1, -0.05) is 27.7 Å². The summed E-state index contributed by atoms with van der Waals surface area (Å²) in [6, 6.07) is 2.36. The van der Waals surface area contributed by atoms with Gasteiger partial charge in [0, 0.05) is 37.3 Å². The van der Waals surface area contributed by atoms with Gasteiger partial charge >= 0.3 is 0 Å². The Morgan fingerprint density at radius 1 is 1.16 bits per heavy atom. The minimum absolute atomic E-state index is 0.261. The highest BCUT2D eigenvalue weighted by atomic mass is 15.3. The number of hydrogen-bond acceptors (Lipinski definition) is 3. The van der Waals surface area contributed by atoms with Crippen molar-refractivity contribution in [2.45, 2.75) is 77.5 Å². The topological polar surface area (TPSA) is 32.5 Å². The maximum atomic E-state index is 6.46. The Kier molecular flexibility index (Phi) is 4.59. The fourth-order valence-corrected chi connectivity index (χ4v) is 4.27. The number of nitrogens with two attached hydrogens (primary N) is 1. The summed E-state index contributed by atoms with van der Waals surface area (Å²) in [7, 11) is 2.32. The monoisotopic (exact) mass is 267 g/mol. The van der Waals surface area contributed by atoms with E-state index in [9.17, 15) is 0 Å². The van der Waals surface area contributed by atoms with Crippen molar-refractivity contribution in [2.75, 3.05) is 20.1 Å². The normalized spacial score (nSPS) is 33.2. The van der Waals surface area contributed by atoms with Gasteiger partial charge in [-0.25, -0.2) is 0 Å². The number of fused-ring (bicyclic) bond motifs is 2. The lowest BCUT2D eigenvalue weighted by atomic mass is 9.80. The summed E-state index contributed by atoms with van der Waals surface area (Å²) in [5.74, 6) is 0. The van der Waals surface area contributed by atoms with E-state index in [1.54, 1.807) is 0 Å². The van der Waals surface area contributed by atoms with Gasteiger partial charge in [0.2, 0.25) is 0 Å². The van der Waals surface area contributed by atoms with Gasteiger partial charge in [-0.3, -0.25) is 9.80 Å². The Bertz CT molecular complexity index is 297. The minimum Gasteiger partial charge on any atom is -0.326 e. The molecule has 19 heavy (non-hydrogen) atoms. The van der Waals surface area contributed by atoms with Crippen LogP contribution in [0.5, 0.6) is 0 Å². The molecule has 0 aromatic rings. The first-order valence-electron chi connectivity index (χ1n) is 8.06. The second kappa shape index (κ2) is 5.71. The van der Waals surface area contributed by atoms with Crippen molar-refractivity contribution in [3.8, 4) is 0 Å². The van der Waals surface area contributed by atoms with Gasteiger partial charge in [0.1, 0.15) is 0 Å². The Balaban J connectivity index is 2.14. The van der Waals surface area contributed by atoms with Gasteiger partial charge in [-0.2, -0.15) is 0 Å². The molecule has 2 heterocycles. The number of nitrogens with zero attached hydrogens (tertiary/aromatic N) is 2. The van der Waals surface area contributed by atoms with Crippen LogP contribution in [0.3, 0.4) is 0 Å². The first-order chi connectivity index (χ1) is 8.84. The highest BCUT2D eigenvalue weighted by Crippen LogP contribution is 2.34. The van der Waals surface area contributed by atoms with Crippen molar-refractivity contribution < 1.29 is 0 Å². The molecule has 0 aromatic carbocycles. The number of rotatable bonds is 3. The van der Waals surface area contributed by atoms with Gasteiger partial charge in [-0.05, 0) is 38.1 Å². The molecule has 4 unspecified atom stereocenters. The molecular weight excluding hydrogens is 234 g/mol. The fourth-order valence-electron chi connectivity index (χ4n) is 4.27. The van der Waals surface area contributed by atoms with E-state index >= 15 is 0 Å². The Hall–Kier alpha value is -0.120. The van der Waals surface area contributed by atoms with Gasteiger partial charge in [0.15, 0.2) is 0 Å². The molecule has 2 N–H and O–H groups in total. The lowest BCUT2D eigenvalue weighted by molar-refractivity contribution is 0.0680. The zero-order valence-electron chi connectivity index (χ0n) is 13.5. The number of likely N-dealkylation sites (N-methyl/N-ethyl adjacent to an activating group) is 1. The molecule has 3 nitrogen and oxygen atoms in total. The molecule has 2 rings (SSSR count). The van der Waals surface area contributed by atoms with E-state index in [0.717, 1.165) is 18.5 Å². The van der Waals surface area contributed by atoms with E-state index in [1.165, 1.54) is 32.4 Å². The van der Waals surface area contributed by atoms with E-state index < -0.39 is 0 Å². The van der Waals surface area contributed by atoms with Crippen LogP contribution in [0.15, 0.2) is 0 Å². The third-order valence-corrected chi connectivity index (χ3v) is 5.34. The van der Waals surface area contributed by atoms with Crippen LogP contribution >= 0.6 is 0 Å². The lowest BCUT2D eigenvalue weighted by Crippen LogP contribution is -2.56. The van der Waals surface area contributed by atoms with Crippen LogP contribution in [0.1, 0.15) is 53.4 Å². The van der Waals surface area contributed by atoms with Crippen molar-refractivity contribution in [3.05, 3.63) is 0 Å². The predicted octanol–water partition coefficient (Wildman–Crippen LogP) is 2.31. The standard InChI is InChI=1S/C16H33N3/c1-6-14(17)15(16(2,3)4)19-10-9-12-7-8-13(11-19)18(12)5/h12-15H,6-11,17H2,1-5H3. The summed E-state index contributed by atoms with van der Waals surface area (Å²) < 4.78 is 0. The zero-order valence-corrected chi connectivity index (χ0v) is 13.5. The van der Waals surface area contributed by atoms with Crippen LogP contribution in [0.25, 0.3) is 0 Å². The van der Waals surface area contributed by atoms with Crippen LogP contribution < -0.4 is 5.73 Å². The molecule has 2 fully saturated rings. The highest BCUT2D eigenvalue weighted by Gasteiger charge is 2.40. The molecule has 3 heteroatoms. The summed E-state index contributed by atoms with van der Waals surface area (Å²) in [6.45, 7) is 11.7. The first-order valence-corrected chi connectivity index (χ1v) is 8.06. The molecule has 2 bridgehead atoms. The van der Waals surface area contributed by atoms with Crippen LogP contribution in [0.2, 0.25) is 0 Å². The molecule has 0 amide bonds. The van der Waals surface area contributed by atoms with Gasteiger partial charge < -0.3 is 5.73 Å². The molecular formula is C16H33N3. The molecule has 4 atom stereocenters. The molecule has 0 radical (unpaired) electrons. The van der Waals surface area contributed by atoms with E-state index in [-0.39, 0.29) is 5.41 Å². The second-order valence-electron chi connectivity index (χ2n) is 7.72. The van der Waals surface area contributed by atoms with Crippen LogP contribution in [-0.4, -0.2) is 54.1 Å². The summed E-state index contributed by atoms with van der Waals surface area (Å²) in [6.07, 6.45) is 5.16. The maximum Gasteiger partial charge on any atom is 0.0296 e. The van der Waals surface area contributed by atoms with Crippen LogP contribution in [0, 0.1) is 5.41 Å². The third-order valence-electron chi connectivity index (χ3n) is 5.34. The summed E-state index contributed by atoms with van der Waals surface area (Å²) in [4.78, 5) is 5.33. The molecule has 112 valence electrons. The number of hydrogen-bond donors (Lipinski definition) is 1. The number of likely N-dealkylation sites (tertiary alicyclic amines) is 1. The third kappa shape index (κ3) is 3.14. The molecule has 2 aliphatic rings. The van der Waals surface area contributed by atoms with Crippen LogP contribution in [-0.2, 0) is 0 Å². The Morgan fingerprint density at radius 2 is 1.79 bits per heavy atom. The van der Waals surface area contributed by atoms with Crippen molar-refractivity contribution >= 4 is 0 Å². The highest BCUT2D eigenvalue weighted by molar-refractivity contribution is 4.97. The van der Waals surface area contributed by atoms with Crippen molar-refractivity contribution in [1.82, 2.24) is 9.80 Å². The summed E-state index contributed by atoms with van der Waals surface area (Å²) in [5, 5.41) is 0. The van der Waals surface area contributed by atoms with Gasteiger partial charge in [0.25, 0.3) is 0 Å². The molecule has 2 saturated heterocycles. The first kappa shape index (κ1) is 15.3. The largest absolute Gasteiger partial charge is 0.326 e. The van der Waals surface area contributed by atoms with Crippen molar-refractivity contribution in [2.24, 2.45) is 11.1 Å².